The second-order valence-electron chi connectivity index (χ2n) is 14.1. The Morgan fingerprint density at radius 3 is 2.69 bits per heavy atom. The maximum absolute atomic E-state index is 6.73. The minimum absolute atomic E-state index is 0.0340. The number of nitrogens with zero attached hydrogens (tertiary/aromatic N) is 5. The zero-order chi connectivity index (χ0) is 35.2. The Hall–Kier alpha value is -5.13. The fraction of sp³-hybridized carbons (Fsp3) is 0.293. The molecule has 3 aliphatic rings. The molecule has 2 aromatic heterocycles. The van der Waals surface area contributed by atoms with Crippen molar-refractivity contribution >= 4 is 27.3 Å². The van der Waals surface area contributed by atoms with Crippen LogP contribution in [0.1, 0.15) is 25.3 Å². The van der Waals surface area contributed by atoms with Crippen LogP contribution in [-0.2, 0) is 11.2 Å². The van der Waals surface area contributed by atoms with Crippen LogP contribution < -0.4 is 19.3 Å². The monoisotopic (exact) mass is 758 g/mol. The van der Waals surface area contributed by atoms with Gasteiger partial charge in [-0.2, -0.15) is 10.1 Å². The second-order valence-corrected chi connectivity index (χ2v) is 15.0. The highest BCUT2D eigenvalue weighted by Crippen LogP contribution is 2.40. The molecule has 52 heavy (non-hydrogen) atoms. The van der Waals surface area contributed by atoms with Crippen molar-refractivity contribution in [2.45, 2.75) is 37.9 Å². The molecule has 0 saturated carbocycles. The van der Waals surface area contributed by atoms with Gasteiger partial charge in [0.25, 0.3) is 5.89 Å². The van der Waals surface area contributed by atoms with Crippen molar-refractivity contribution in [3.05, 3.63) is 101 Å². The zero-order valence-corrected chi connectivity index (χ0v) is 30.7. The van der Waals surface area contributed by atoms with E-state index in [2.05, 4.69) is 110 Å². The number of H-pyrrole nitrogens is 1. The lowest BCUT2D eigenvalue weighted by Gasteiger charge is -2.41. The molecule has 0 radical (unpaired) electrons. The third kappa shape index (κ3) is 6.54. The molecule has 10 nitrogen and oxygen atoms in total. The van der Waals surface area contributed by atoms with Crippen LogP contribution in [0.5, 0.6) is 11.5 Å². The van der Waals surface area contributed by atoms with Crippen LogP contribution in [0.25, 0.3) is 45.4 Å². The van der Waals surface area contributed by atoms with Crippen LogP contribution >= 0.6 is 15.9 Å². The number of fused-ring (bicyclic) bond motifs is 2. The molecule has 0 spiro atoms. The third-order valence-electron chi connectivity index (χ3n) is 10.3. The second kappa shape index (κ2) is 13.4. The van der Waals surface area contributed by atoms with E-state index in [-0.39, 0.29) is 11.7 Å². The van der Waals surface area contributed by atoms with Gasteiger partial charge in [-0.3, -0.25) is 5.10 Å². The topological polar surface area (TPSA) is 102 Å². The van der Waals surface area contributed by atoms with Crippen LogP contribution in [0, 0.1) is 0 Å². The predicted molar refractivity (Wildman–Crippen MR) is 205 cm³/mol. The Balaban J connectivity index is 0.856. The average Bonchev–Trinajstić information content (AvgIpc) is 3.87. The van der Waals surface area contributed by atoms with Crippen LogP contribution in [-0.4, -0.2) is 71.9 Å². The van der Waals surface area contributed by atoms with Crippen molar-refractivity contribution in [2.75, 3.05) is 49.7 Å². The van der Waals surface area contributed by atoms with Crippen molar-refractivity contribution < 1.29 is 18.7 Å². The summed E-state index contributed by atoms with van der Waals surface area (Å²) in [6.45, 7) is 5.96. The highest BCUT2D eigenvalue weighted by atomic mass is 79.9. The highest BCUT2D eigenvalue weighted by molar-refractivity contribution is 9.10. The molecule has 11 heteroatoms. The maximum Gasteiger partial charge on any atom is 0.258 e. The maximum atomic E-state index is 6.73. The van der Waals surface area contributed by atoms with E-state index in [1.807, 2.05) is 36.4 Å². The minimum atomic E-state index is -0.329. The lowest BCUT2D eigenvalue weighted by molar-refractivity contribution is -0.0312. The largest absolute Gasteiger partial charge is 0.490 e. The van der Waals surface area contributed by atoms with Gasteiger partial charge >= 0.3 is 0 Å². The molecule has 9 rings (SSSR count). The van der Waals surface area contributed by atoms with Crippen LogP contribution in [0.3, 0.4) is 0 Å². The molecule has 2 atom stereocenters. The van der Waals surface area contributed by atoms with E-state index >= 15 is 0 Å². The van der Waals surface area contributed by atoms with Gasteiger partial charge < -0.3 is 28.5 Å². The Morgan fingerprint density at radius 1 is 0.885 bits per heavy atom. The number of rotatable bonds is 7. The molecule has 0 amide bonds. The van der Waals surface area contributed by atoms with Gasteiger partial charge in [0, 0.05) is 59.0 Å². The Morgan fingerprint density at radius 2 is 1.77 bits per heavy atom. The Kier molecular flexibility index (Phi) is 8.47. The molecule has 1 saturated heterocycles. The number of aromatic nitrogens is 4. The van der Waals surface area contributed by atoms with Crippen LogP contribution in [0.15, 0.2) is 100.0 Å². The molecule has 5 heterocycles. The molecule has 2 unspecified atom stereocenters. The number of likely N-dealkylation sites (N-methyl/N-ethyl adjacent to an activating group) is 1. The van der Waals surface area contributed by atoms with E-state index < -0.39 is 0 Å². The fourth-order valence-corrected chi connectivity index (χ4v) is 7.92. The first-order valence-corrected chi connectivity index (χ1v) is 18.6. The molecule has 3 aliphatic heterocycles. The van der Waals surface area contributed by atoms with Crippen molar-refractivity contribution in [3.8, 4) is 56.9 Å². The first kappa shape index (κ1) is 32.8. The van der Waals surface area contributed by atoms with Crippen molar-refractivity contribution in [2.24, 2.45) is 0 Å². The van der Waals surface area contributed by atoms with E-state index in [1.165, 1.54) is 5.56 Å². The number of ether oxygens (including phenoxy) is 3. The van der Waals surface area contributed by atoms with Gasteiger partial charge in [-0.25, -0.2) is 0 Å². The number of nitrogens with one attached hydrogen (secondary N) is 1. The summed E-state index contributed by atoms with van der Waals surface area (Å²) in [4.78, 5) is 9.32. The number of hydrogen-bond acceptors (Lipinski definition) is 9. The fourth-order valence-electron chi connectivity index (χ4n) is 7.52. The summed E-state index contributed by atoms with van der Waals surface area (Å²) in [6.07, 6.45) is 2.69. The lowest BCUT2D eigenvalue weighted by Crippen LogP contribution is -2.48. The summed E-state index contributed by atoms with van der Waals surface area (Å²) >= 11 is 3.56. The molecular weight excluding hydrogens is 720 g/mol. The third-order valence-corrected chi connectivity index (χ3v) is 10.8. The summed E-state index contributed by atoms with van der Waals surface area (Å²) in [6, 6.07) is 31.1. The Bertz CT molecular complexity index is 2250. The van der Waals surface area contributed by atoms with Crippen molar-refractivity contribution in [1.82, 2.24) is 20.3 Å². The number of halogens is 1. The quantitative estimate of drug-likeness (QED) is 0.172. The van der Waals surface area contributed by atoms with Crippen molar-refractivity contribution in [1.29, 1.82) is 0 Å². The molecule has 0 aliphatic carbocycles. The van der Waals surface area contributed by atoms with Gasteiger partial charge in [-0.15, -0.1) is 0 Å². The summed E-state index contributed by atoms with van der Waals surface area (Å²) in [5.41, 5.74) is 8.88. The predicted octanol–water partition coefficient (Wildman–Crippen LogP) is 8.43. The summed E-state index contributed by atoms with van der Waals surface area (Å²) in [5.74, 6) is 2.80. The molecular formula is C41H39BrN6O4. The minimum Gasteiger partial charge on any atom is -0.490 e. The smallest absolute Gasteiger partial charge is 0.258 e. The van der Waals surface area contributed by atoms with E-state index in [1.54, 1.807) is 0 Å². The van der Waals surface area contributed by atoms with Gasteiger partial charge in [0.1, 0.15) is 23.7 Å². The summed E-state index contributed by atoms with van der Waals surface area (Å²) < 4.78 is 25.7. The van der Waals surface area contributed by atoms with Crippen LogP contribution in [0.2, 0.25) is 0 Å². The number of anilines is 2. The SMILES string of the molecule is CN1CCOc2cc(-c3nc(-c4cccc(N5CCOC(CC6(C)CCc7cc(-c8cc(-c9cccc(Br)c9)n[nH]8)ccc7O6)C5)c4)no3)ccc21. The normalized spacial score (nSPS) is 19.8. The average molecular weight is 760 g/mol. The van der Waals surface area contributed by atoms with E-state index in [9.17, 15) is 0 Å². The standard InChI is InChI=1S/C41H39BrN6O4/c1-41(14-13-28-19-27(10-12-37(28)51-41)35-23-34(44-45-35)26-5-3-7-31(42)20-26)24-33-25-48(16-18-49-33)32-8-4-6-29(21-32)39-43-40(52-46-39)30-9-11-36-38(22-30)50-17-15-47(36)2/h3-12,19-23,33H,13-18,24-25H2,1-2H3,(H,44,45). The van der Waals surface area contributed by atoms with Gasteiger partial charge in [-0.1, -0.05) is 45.4 Å². The molecule has 1 fully saturated rings. The number of aryl methyl sites for hydroxylation is 1. The van der Waals surface area contributed by atoms with Crippen LogP contribution in [0.4, 0.5) is 11.4 Å². The van der Waals surface area contributed by atoms with Gasteiger partial charge in [0.2, 0.25) is 5.82 Å². The van der Waals surface area contributed by atoms with E-state index in [4.69, 9.17) is 23.7 Å². The molecule has 4 aromatic carbocycles. The molecule has 0 bridgehead atoms. The summed E-state index contributed by atoms with van der Waals surface area (Å²) in [7, 11) is 2.07. The van der Waals surface area contributed by atoms with Gasteiger partial charge in [-0.05, 0) is 92.1 Å². The van der Waals surface area contributed by atoms with E-state index in [0.717, 1.165) is 99.9 Å². The van der Waals surface area contributed by atoms with Gasteiger partial charge in [0.15, 0.2) is 0 Å². The Labute approximate surface area is 310 Å². The number of aromatic amines is 1. The van der Waals surface area contributed by atoms with Crippen molar-refractivity contribution in [3.63, 3.8) is 0 Å². The number of morpholine rings is 1. The molecule has 264 valence electrons. The summed E-state index contributed by atoms with van der Waals surface area (Å²) in [5, 5.41) is 12.1. The first-order chi connectivity index (χ1) is 25.4. The van der Waals surface area contributed by atoms with Gasteiger partial charge in [0.05, 0.1) is 36.3 Å². The zero-order valence-electron chi connectivity index (χ0n) is 29.1. The number of benzene rings is 4. The first-order valence-electron chi connectivity index (χ1n) is 17.8. The number of hydrogen-bond donors (Lipinski definition) is 1. The molecule has 1 N–H and O–H groups in total. The van der Waals surface area contributed by atoms with E-state index in [0.29, 0.717) is 24.9 Å². The molecule has 6 aromatic rings. The lowest BCUT2D eigenvalue weighted by atomic mass is 9.87. The highest BCUT2D eigenvalue weighted by Gasteiger charge is 2.36.